The number of aromatic nitrogens is 5. The number of fused-ring (bicyclic) bond motifs is 1. The minimum absolute atomic E-state index is 0.102. The van der Waals surface area contributed by atoms with Gasteiger partial charge in [-0.25, -0.2) is 9.97 Å². The van der Waals surface area contributed by atoms with E-state index in [9.17, 15) is 4.79 Å². The Hall–Kier alpha value is -3.14. The maximum atomic E-state index is 12.1. The summed E-state index contributed by atoms with van der Waals surface area (Å²) in [5.74, 6) is 0.653. The number of carboxylic acid groups (broad SMARTS) is 1. The SMILES string of the molecule is CC(=O)O.CCOC(=O)[C@@H]1CCCN(c2ccc3[nH]c(C4(n5cc(Cl)cn5)CC4)nc3n2)C1. The van der Waals surface area contributed by atoms with Crippen LogP contribution in [-0.4, -0.2) is 61.5 Å². The number of esters is 1. The lowest BCUT2D eigenvalue weighted by atomic mass is 9.98. The number of aromatic amines is 1. The van der Waals surface area contributed by atoms with E-state index in [-0.39, 0.29) is 17.4 Å². The van der Waals surface area contributed by atoms with Crippen LogP contribution in [0.2, 0.25) is 5.02 Å². The number of ether oxygens (including phenoxy) is 1. The van der Waals surface area contributed by atoms with Crippen molar-refractivity contribution in [1.29, 1.82) is 0 Å². The molecular weight excluding hydrogens is 448 g/mol. The first-order chi connectivity index (χ1) is 15.8. The summed E-state index contributed by atoms with van der Waals surface area (Å²) >= 11 is 6.06. The zero-order chi connectivity index (χ0) is 23.6. The number of halogens is 1. The highest BCUT2D eigenvalue weighted by molar-refractivity contribution is 6.30. The molecule has 0 spiro atoms. The van der Waals surface area contributed by atoms with E-state index >= 15 is 0 Å². The standard InChI is InChI=1S/C20H23ClN6O2.C2H4O2/c1-2-29-18(28)13-4-3-9-26(11-13)16-6-5-15-17(24-16)25-19(23-15)20(7-8-20)27-12-14(21)10-22-27;1-2(3)4/h5-6,10,12-13H,2-4,7-9,11H2,1H3,(H,23,24,25);1H3,(H,3,4)/t13-;/m1./s1. The second kappa shape index (κ2) is 9.38. The average molecular weight is 475 g/mol. The van der Waals surface area contributed by atoms with Gasteiger partial charge >= 0.3 is 5.97 Å². The van der Waals surface area contributed by atoms with Gasteiger partial charge in [-0.05, 0) is 44.7 Å². The van der Waals surface area contributed by atoms with Crippen molar-refractivity contribution in [1.82, 2.24) is 24.7 Å². The summed E-state index contributed by atoms with van der Waals surface area (Å²) in [4.78, 5) is 36.3. The van der Waals surface area contributed by atoms with Crippen LogP contribution in [0.4, 0.5) is 5.82 Å². The summed E-state index contributed by atoms with van der Waals surface area (Å²) in [6.07, 6.45) is 7.22. The first-order valence-corrected chi connectivity index (χ1v) is 11.4. The van der Waals surface area contributed by atoms with Gasteiger partial charge in [-0.3, -0.25) is 14.3 Å². The van der Waals surface area contributed by atoms with Crippen LogP contribution in [0.5, 0.6) is 0 Å². The molecule has 1 aliphatic carbocycles. The predicted octanol–water partition coefficient (Wildman–Crippen LogP) is 3.22. The molecule has 3 aromatic heterocycles. The van der Waals surface area contributed by atoms with E-state index in [0.29, 0.717) is 23.8 Å². The largest absolute Gasteiger partial charge is 0.481 e. The molecule has 0 radical (unpaired) electrons. The van der Waals surface area contributed by atoms with Crippen molar-refractivity contribution in [3.63, 3.8) is 0 Å². The number of nitrogens with zero attached hydrogens (tertiary/aromatic N) is 5. The summed E-state index contributed by atoms with van der Waals surface area (Å²) in [5.41, 5.74) is 1.32. The minimum Gasteiger partial charge on any atom is -0.481 e. The number of hydrogen-bond acceptors (Lipinski definition) is 7. The van der Waals surface area contributed by atoms with Crippen molar-refractivity contribution in [3.8, 4) is 0 Å². The lowest BCUT2D eigenvalue weighted by molar-refractivity contribution is -0.148. The third kappa shape index (κ3) is 4.95. The third-order valence-corrected chi connectivity index (χ3v) is 6.05. The average Bonchev–Trinajstić information content (AvgIpc) is 3.28. The van der Waals surface area contributed by atoms with Gasteiger partial charge in [0.25, 0.3) is 5.97 Å². The van der Waals surface area contributed by atoms with Crippen molar-refractivity contribution in [3.05, 3.63) is 35.4 Å². The van der Waals surface area contributed by atoms with Gasteiger partial charge in [0.1, 0.15) is 17.2 Å². The molecule has 2 N–H and O–H groups in total. The maximum absolute atomic E-state index is 12.1. The summed E-state index contributed by atoms with van der Waals surface area (Å²) in [7, 11) is 0. The number of pyridine rings is 1. The maximum Gasteiger partial charge on any atom is 0.310 e. The van der Waals surface area contributed by atoms with Crippen LogP contribution in [0.3, 0.4) is 0 Å². The first kappa shape index (κ1) is 23.0. The van der Waals surface area contributed by atoms with Crippen molar-refractivity contribution in [2.24, 2.45) is 5.92 Å². The van der Waals surface area contributed by atoms with Crippen LogP contribution < -0.4 is 4.90 Å². The zero-order valence-electron chi connectivity index (χ0n) is 18.6. The van der Waals surface area contributed by atoms with E-state index in [1.165, 1.54) is 0 Å². The molecule has 10 nitrogen and oxygen atoms in total. The molecule has 2 aliphatic rings. The van der Waals surface area contributed by atoms with Crippen LogP contribution in [0.25, 0.3) is 11.2 Å². The molecule has 1 atom stereocenters. The highest BCUT2D eigenvalue weighted by atomic mass is 35.5. The molecule has 1 saturated heterocycles. The Labute approximate surface area is 195 Å². The van der Waals surface area contributed by atoms with Crippen LogP contribution >= 0.6 is 11.6 Å². The number of carbonyl (C=O) groups excluding carboxylic acids is 1. The number of nitrogens with one attached hydrogen (secondary N) is 1. The van der Waals surface area contributed by atoms with Gasteiger partial charge in [0.15, 0.2) is 5.65 Å². The zero-order valence-corrected chi connectivity index (χ0v) is 19.4. The minimum atomic E-state index is -0.833. The number of piperidine rings is 1. The quantitative estimate of drug-likeness (QED) is 0.540. The number of H-pyrrole nitrogens is 1. The van der Waals surface area contributed by atoms with Gasteiger partial charge in [-0.1, -0.05) is 11.6 Å². The lowest BCUT2D eigenvalue weighted by Gasteiger charge is -2.32. The van der Waals surface area contributed by atoms with Crippen LogP contribution in [0.1, 0.15) is 45.4 Å². The fourth-order valence-corrected chi connectivity index (χ4v) is 4.28. The second-order valence-corrected chi connectivity index (χ2v) is 8.75. The Balaban J connectivity index is 0.000000601. The molecule has 1 aliphatic heterocycles. The molecular formula is C22H27ClN6O4. The monoisotopic (exact) mass is 474 g/mol. The number of aliphatic carboxylic acids is 1. The lowest BCUT2D eigenvalue weighted by Crippen LogP contribution is -2.39. The molecule has 1 saturated carbocycles. The smallest absolute Gasteiger partial charge is 0.310 e. The van der Waals surface area contributed by atoms with E-state index < -0.39 is 5.97 Å². The van der Waals surface area contributed by atoms with Crippen LogP contribution in [0, 0.1) is 5.92 Å². The van der Waals surface area contributed by atoms with Gasteiger partial charge in [0.2, 0.25) is 0 Å². The Kier molecular flexibility index (Phi) is 6.55. The van der Waals surface area contributed by atoms with Gasteiger partial charge in [-0.15, -0.1) is 0 Å². The molecule has 3 aromatic rings. The fraction of sp³-hybridized carbons (Fsp3) is 0.500. The van der Waals surface area contributed by atoms with E-state index in [1.807, 2.05) is 29.9 Å². The Morgan fingerprint density at radius 1 is 1.33 bits per heavy atom. The van der Waals surface area contributed by atoms with Crippen molar-refractivity contribution < 1.29 is 19.4 Å². The van der Waals surface area contributed by atoms with Crippen LogP contribution in [-0.2, 0) is 19.9 Å². The predicted molar refractivity (Wildman–Crippen MR) is 122 cm³/mol. The summed E-state index contributed by atoms with van der Waals surface area (Å²) < 4.78 is 7.10. The first-order valence-electron chi connectivity index (χ1n) is 11.0. The fourth-order valence-electron chi connectivity index (χ4n) is 4.14. The van der Waals surface area contributed by atoms with Crippen molar-refractivity contribution in [2.75, 3.05) is 24.6 Å². The molecule has 11 heteroatoms. The van der Waals surface area contributed by atoms with E-state index in [1.54, 1.807) is 6.20 Å². The van der Waals surface area contributed by atoms with E-state index in [0.717, 1.165) is 56.3 Å². The normalized spacial score (nSPS) is 19.0. The van der Waals surface area contributed by atoms with E-state index in [2.05, 4.69) is 15.0 Å². The highest BCUT2D eigenvalue weighted by Gasteiger charge is 2.50. The van der Waals surface area contributed by atoms with Crippen molar-refractivity contribution >= 4 is 40.5 Å². The second-order valence-electron chi connectivity index (χ2n) is 8.32. The Morgan fingerprint density at radius 3 is 2.73 bits per heavy atom. The summed E-state index contributed by atoms with van der Waals surface area (Å²) in [6, 6.07) is 4.00. The molecule has 33 heavy (non-hydrogen) atoms. The molecule has 0 unspecified atom stereocenters. The summed E-state index contributed by atoms with van der Waals surface area (Å²) in [5, 5.41) is 12.4. The topological polar surface area (TPSA) is 126 Å². The molecule has 4 heterocycles. The van der Waals surface area contributed by atoms with Gasteiger partial charge in [-0.2, -0.15) is 5.10 Å². The van der Waals surface area contributed by atoms with Gasteiger partial charge in [0.05, 0.1) is 29.3 Å². The molecule has 0 bridgehead atoms. The molecule has 0 aromatic carbocycles. The number of carbonyl (C=O) groups is 2. The number of rotatable bonds is 5. The number of imidazole rings is 1. The van der Waals surface area contributed by atoms with E-state index in [4.69, 9.17) is 36.2 Å². The third-order valence-electron chi connectivity index (χ3n) is 5.85. The van der Waals surface area contributed by atoms with Gasteiger partial charge in [0, 0.05) is 26.2 Å². The number of hydrogen-bond donors (Lipinski definition) is 2. The molecule has 5 rings (SSSR count). The van der Waals surface area contributed by atoms with Crippen LogP contribution in [0.15, 0.2) is 24.5 Å². The highest BCUT2D eigenvalue weighted by Crippen LogP contribution is 2.48. The Morgan fingerprint density at radius 2 is 2.09 bits per heavy atom. The molecule has 0 amide bonds. The Bertz CT molecular complexity index is 1150. The van der Waals surface area contributed by atoms with Crippen molar-refractivity contribution in [2.45, 2.75) is 45.1 Å². The number of anilines is 1. The molecule has 176 valence electrons. The van der Waals surface area contributed by atoms with Gasteiger partial charge < -0.3 is 19.7 Å². The number of carboxylic acids is 1. The molecule has 2 fully saturated rings. The summed E-state index contributed by atoms with van der Waals surface area (Å²) in [6.45, 7) is 4.84.